The van der Waals surface area contributed by atoms with Crippen LogP contribution in [0.25, 0.3) is 0 Å². The Hall–Kier alpha value is -1.89. The Morgan fingerprint density at radius 2 is 2.20 bits per heavy atom. The first kappa shape index (κ1) is 13.1. The van der Waals surface area contributed by atoms with Gasteiger partial charge in [-0.2, -0.15) is 0 Å². The van der Waals surface area contributed by atoms with E-state index in [1.165, 1.54) is 12.1 Å². The van der Waals surface area contributed by atoms with Gasteiger partial charge in [-0.25, -0.2) is 0 Å². The summed E-state index contributed by atoms with van der Waals surface area (Å²) >= 11 is 0. The predicted molar refractivity (Wildman–Crippen MR) is 68.0 cm³/mol. The van der Waals surface area contributed by atoms with Gasteiger partial charge in [-0.05, 0) is 37.2 Å². The van der Waals surface area contributed by atoms with Crippen molar-refractivity contribution in [3.8, 4) is 0 Å². The molecule has 0 radical (unpaired) electrons. The minimum Gasteiger partial charge on any atom is -0.396 e. The van der Waals surface area contributed by atoms with E-state index in [0.717, 1.165) is 19.3 Å². The van der Waals surface area contributed by atoms with E-state index in [9.17, 15) is 20.0 Å². The lowest BCUT2D eigenvalue weighted by molar-refractivity contribution is -0.402. The molecule has 1 aromatic rings. The van der Waals surface area contributed by atoms with Gasteiger partial charge in [-0.1, -0.05) is 0 Å². The van der Waals surface area contributed by atoms with Crippen LogP contribution < -0.4 is 5.32 Å². The van der Waals surface area contributed by atoms with Crippen LogP contribution in [-0.2, 0) is 0 Å². The molecule has 3 rings (SSSR count). The van der Waals surface area contributed by atoms with Crippen LogP contribution in [0.3, 0.4) is 0 Å². The van der Waals surface area contributed by atoms with Crippen molar-refractivity contribution >= 4 is 11.8 Å². The Morgan fingerprint density at radius 3 is 2.85 bits per heavy atom. The molecule has 1 amide bonds. The average molecular weight is 280 g/mol. The Labute approximate surface area is 115 Å². The third-order valence-electron chi connectivity index (χ3n) is 4.59. The number of furan rings is 1. The summed E-state index contributed by atoms with van der Waals surface area (Å²) in [5.74, 6) is 0.00185. The van der Waals surface area contributed by atoms with Crippen molar-refractivity contribution in [2.24, 2.45) is 17.8 Å². The summed E-state index contributed by atoms with van der Waals surface area (Å²) in [6.07, 6.45) is 3.20. The van der Waals surface area contributed by atoms with Gasteiger partial charge in [0.1, 0.15) is 4.92 Å². The molecule has 108 valence electrons. The van der Waals surface area contributed by atoms with E-state index in [0.29, 0.717) is 11.8 Å². The summed E-state index contributed by atoms with van der Waals surface area (Å²) in [4.78, 5) is 21.9. The molecule has 2 N–H and O–H groups in total. The molecular formula is C13H16N2O5. The number of amides is 1. The second kappa shape index (κ2) is 4.90. The number of aliphatic hydroxyl groups is 1. The minimum atomic E-state index is -0.676. The number of carbonyl (C=O) groups is 1. The fourth-order valence-corrected chi connectivity index (χ4v) is 3.67. The first-order valence-corrected chi connectivity index (χ1v) is 6.76. The fourth-order valence-electron chi connectivity index (χ4n) is 3.67. The van der Waals surface area contributed by atoms with Crippen LogP contribution in [0, 0.1) is 27.9 Å². The first-order chi connectivity index (χ1) is 9.60. The summed E-state index contributed by atoms with van der Waals surface area (Å²) in [6.45, 7) is 0.0599. The lowest BCUT2D eigenvalue weighted by atomic mass is 9.85. The molecule has 0 aliphatic heterocycles. The lowest BCUT2D eigenvalue weighted by Gasteiger charge is -2.30. The maximum Gasteiger partial charge on any atom is 0.433 e. The number of hydrogen-bond acceptors (Lipinski definition) is 5. The van der Waals surface area contributed by atoms with Crippen molar-refractivity contribution in [3.63, 3.8) is 0 Å². The zero-order chi connectivity index (χ0) is 14.3. The van der Waals surface area contributed by atoms with E-state index in [1.54, 1.807) is 0 Å². The minimum absolute atomic E-state index is 0.0591. The Morgan fingerprint density at radius 1 is 1.45 bits per heavy atom. The number of nitrogens with zero attached hydrogens (tertiary/aromatic N) is 1. The molecular weight excluding hydrogens is 264 g/mol. The number of hydrogen-bond donors (Lipinski definition) is 2. The molecule has 1 heterocycles. The van der Waals surface area contributed by atoms with Gasteiger partial charge in [-0.3, -0.25) is 14.9 Å². The van der Waals surface area contributed by atoms with E-state index >= 15 is 0 Å². The van der Waals surface area contributed by atoms with Gasteiger partial charge < -0.3 is 14.8 Å². The van der Waals surface area contributed by atoms with Crippen LogP contribution in [0.15, 0.2) is 16.5 Å². The quantitative estimate of drug-likeness (QED) is 0.639. The van der Waals surface area contributed by atoms with Crippen molar-refractivity contribution in [1.29, 1.82) is 0 Å². The van der Waals surface area contributed by atoms with Gasteiger partial charge >= 0.3 is 5.88 Å². The molecule has 0 saturated heterocycles. The van der Waals surface area contributed by atoms with Gasteiger partial charge in [0.05, 0.1) is 6.07 Å². The van der Waals surface area contributed by atoms with E-state index in [-0.39, 0.29) is 24.3 Å². The largest absolute Gasteiger partial charge is 0.433 e. The maximum absolute atomic E-state index is 12.1. The Balaban J connectivity index is 1.70. The van der Waals surface area contributed by atoms with Gasteiger partial charge in [0.15, 0.2) is 5.76 Å². The van der Waals surface area contributed by atoms with Crippen LogP contribution in [0.1, 0.15) is 29.8 Å². The number of aliphatic hydroxyl groups excluding tert-OH is 1. The number of rotatable bonds is 4. The smallest absolute Gasteiger partial charge is 0.396 e. The van der Waals surface area contributed by atoms with Crippen LogP contribution in [0.5, 0.6) is 0 Å². The molecule has 2 aliphatic rings. The maximum atomic E-state index is 12.1. The van der Waals surface area contributed by atoms with Crippen LogP contribution in [-0.4, -0.2) is 28.6 Å². The standard InChI is InChI=1S/C13H16N2O5/c16-6-9-7-1-2-8(5-7)12(9)14-13(17)10-3-4-11(20-10)15(18)19/h3-4,7-9,12,16H,1-2,5-6H2,(H,14,17). The number of nitrogens with one attached hydrogen (secondary N) is 1. The zero-order valence-corrected chi connectivity index (χ0v) is 10.8. The Kier molecular flexibility index (Phi) is 3.21. The molecule has 4 atom stereocenters. The molecule has 20 heavy (non-hydrogen) atoms. The van der Waals surface area contributed by atoms with Crippen molar-refractivity contribution in [3.05, 3.63) is 28.0 Å². The van der Waals surface area contributed by atoms with Crippen molar-refractivity contribution in [1.82, 2.24) is 5.32 Å². The SMILES string of the molecule is O=C(NC1C2CCC(C2)C1CO)c1ccc([N+](=O)[O-])o1. The monoisotopic (exact) mass is 280 g/mol. The summed E-state index contributed by atoms with van der Waals surface area (Å²) in [6, 6.07) is 2.41. The number of carbonyl (C=O) groups excluding carboxylic acids is 1. The molecule has 1 aromatic heterocycles. The molecule has 2 fully saturated rings. The molecule has 7 nitrogen and oxygen atoms in total. The van der Waals surface area contributed by atoms with Crippen LogP contribution in [0.4, 0.5) is 5.88 Å². The molecule has 0 spiro atoms. The highest BCUT2D eigenvalue weighted by Crippen LogP contribution is 2.48. The number of fused-ring (bicyclic) bond motifs is 2. The predicted octanol–water partition coefficient (Wildman–Crippen LogP) is 1.32. The lowest BCUT2D eigenvalue weighted by Crippen LogP contribution is -2.45. The second-order valence-electron chi connectivity index (χ2n) is 5.57. The summed E-state index contributed by atoms with van der Waals surface area (Å²) in [7, 11) is 0. The molecule has 0 aromatic carbocycles. The highest BCUT2D eigenvalue weighted by Gasteiger charge is 2.47. The van der Waals surface area contributed by atoms with Gasteiger partial charge in [0.25, 0.3) is 5.91 Å². The molecule has 7 heteroatoms. The fraction of sp³-hybridized carbons (Fsp3) is 0.615. The molecule has 2 bridgehead atoms. The Bertz CT molecular complexity index is 541. The van der Waals surface area contributed by atoms with E-state index < -0.39 is 16.7 Å². The number of nitro groups is 1. The normalized spacial score (nSPS) is 31.4. The van der Waals surface area contributed by atoms with Crippen LogP contribution in [0.2, 0.25) is 0 Å². The average Bonchev–Trinajstić information content (AvgIpc) is 3.13. The van der Waals surface area contributed by atoms with Gasteiger partial charge in [0, 0.05) is 18.6 Å². The second-order valence-corrected chi connectivity index (χ2v) is 5.57. The summed E-state index contributed by atoms with van der Waals surface area (Å²) in [5, 5.41) is 22.9. The molecule has 2 aliphatic carbocycles. The van der Waals surface area contributed by atoms with Crippen LogP contribution >= 0.6 is 0 Å². The third-order valence-corrected chi connectivity index (χ3v) is 4.59. The summed E-state index contributed by atoms with van der Waals surface area (Å²) < 4.78 is 4.89. The molecule has 4 unspecified atom stereocenters. The van der Waals surface area contributed by atoms with E-state index in [1.807, 2.05) is 0 Å². The summed E-state index contributed by atoms with van der Waals surface area (Å²) in [5.41, 5.74) is 0. The van der Waals surface area contributed by atoms with Crippen molar-refractivity contribution in [2.75, 3.05) is 6.61 Å². The van der Waals surface area contributed by atoms with E-state index in [4.69, 9.17) is 4.42 Å². The highest BCUT2D eigenvalue weighted by molar-refractivity contribution is 5.92. The highest BCUT2D eigenvalue weighted by atomic mass is 16.6. The topological polar surface area (TPSA) is 106 Å². The van der Waals surface area contributed by atoms with Gasteiger partial charge in [-0.15, -0.1) is 0 Å². The first-order valence-electron chi connectivity index (χ1n) is 6.76. The van der Waals surface area contributed by atoms with Crippen molar-refractivity contribution in [2.45, 2.75) is 25.3 Å². The zero-order valence-electron chi connectivity index (χ0n) is 10.8. The third kappa shape index (κ3) is 2.07. The van der Waals surface area contributed by atoms with E-state index in [2.05, 4.69) is 5.32 Å². The molecule has 2 saturated carbocycles. The van der Waals surface area contributed by atoms with Crippen molar-refractivity contribution < 1.29 is 19.2 Å². The van der Waals surface area contributed by atoms with Gasteiger partial charge in [0.2, 0.25) is 0 Å².